The van der Waals surface area contributed by atoms with Crippen LogP contribution in [0.5, 0.6) is 0 Å². The Balaban J connectivity index is 3.55. The minimum Gasteiger partial charge on any atom is -0.477 e. The molecule has 0 spiro atoms. The molecule has 5 atom stereocenters. The SMILES string of the molecule is CC(=O)N[C@H]1[C@H]([C@H](OC(C)=O)[C@@H](COC(C)=O)OC(C)=O)OC(C(=O)O)=C[C@@H]1OC(C)=O. The highest BCUT2D eigenvalue weighted by atomic mass is 16.6. The summed E-state index contributed by atoms with van der Waals surface area (Å²) in [5.41, 5.74) is 0. The molecule has 0 aromatic heterocycles. The van der Waals surface area contributed by atoms with Gasteiger partial charge >= 0.3 is 29.8 Å². The number of nitrogens with one attached hydrogen (secondary N) is 1. The van der Waals surface area contributed by atoms with Gasteiger partial charge in [0.25, 0.3) is 0 Å². The van der Waals surface area contributed by atoms with Crippen LogP contribution in [0.3, 0.4) is 0 Å². The highest BCUT2D eigenvalue weighted by molar-refractivity contribution is 5.85. The molecule has 32 heavy (non-hydrogen) atoms. The zero-order chi connectivity index (χ0) is 24.6. The number of carboxylic acid groups (broad SMARTS) is 1. The Morgan fingerprint density at radius 1 is 0.969 bits per heavy atom. The monoisotopic (exact) mass is 459 g/mol. The standard InChI is InChI=1S/C19H25NO12/c1-8(21)20-16-13(29-10(3)23)6-14(19(26)27)32-18(16)17(31-12(5)25)15(30-11(4)24)7-28-9(2)22/h6,13,15-18H,7H2,1-5H3,(H,20,21)(H,26,27)/t13-,15+,16+,17+,18+/m0/s1. The molecule has 178 valence electrons. The lowest BCUT2D eigenvalue weighted by atomic mass is 9.93. The van der Waals surface area contributed by atoms with E-state index in [1.807, 2.05) is 0 Å². The number of carboxylic acids is 1. The fraction of sp³-hybridized carbons (Fsp3) is 0.579. The van der Waals surface area contributed by atoms with E-state index in [9.17, 15) is 33.9 Å². The lowest BCUT2D eigenvalue weighted by Gasteiger charge is -2.41. The molecule has 0 saturated carbocycles. The summed E-state index contributed by atoms with van der Waals surface area (Å²) in [7, 11) is 0. The molecule has 1 amide bonds. The number of esters is 4. The van der Waals surface area contributed by atoms with Crippen LogP contribution < -0.4 is 5.32 Å². The number of carbonyl (C=O) groups is 6. The number of rotatable bonds is 9. The summed E-state index contributed by atoms with van der Waals surface area (Å²) >= 11 is 0. The summed E-state index contributed by atoms with van der Waals surface area (Å²) in [4.78, 5) is 69.7. The molecular weight excluding hydrogens is 434 g/mol. The molecule has 2 N–H and O–H groups in total. The van der Waals surface area contributed by atoms with E-state index in [1.165, 1.54) is 0 Å². The Bertz CT molecular complexity index is 804. The molecule has 13 nitrogen and oxygen atoms in total. The van der Waals surface area contributed by atoms with Crippen molar-refractivity contribution in [3.8, 4) is 0 Å². The highest BCUT2D eigenvalue weighted by Crippen LogP contribution is 2.28. The van der Waals surface area contributed by atoms with Gasteiger partial charge in [0.15, 0.2) is 18.3 Å². The first-order valence-corrected chi connectivity index (χ1v) is 9.35. The summed E-state index contributed by atoms with van der Waals surface area (Å²) < 4.78 is 25.8. The van der Waals surface area contributed by atoms with Crippen LogP contribution in [0.25, 0.3) is 0 Å². The van der Waals surface area contributed by atoms with Gasteiger partial charge in [-0.2, -0.15) is 0 Å². The maximum atomic E-state index is 11.8. The van der Waals surface area contributed by atoms with Crippen molar-refractivity contribution in [2.24, 2.45) is 0 Å². The predicted molar refractivity (Wildman–Crippen MR) is 101 cm³/mol. The van der Waals surface area contributed by atoms with Gasteiger partial charge < -0.3 is 34.1 Å². The molecule has 0 aromatic carbocycles. The van der Waals surface area contributed by atoms with Gasteiger partial charge in [0, 0.05) is 40.7 Å². The number of hydrogen-bond donors (Lipinski definition) is 2. The van der Waals surface area contributed by atoms with E-state index in [1.54, 1.807) is 0 Å². The van der Waals surface area contributed by atoms with Crippen molar-refractivity contribution in [2.45, 2.75) is 65.1 Å². The van der Waals surface area contributed by atoms with Crippen LogP contribution in [0, 0.1) is 0 Å². The van der Waals surface area contributed by atoms with Gasteiger partial charge in [0.2, 0.25) is 11.7 Å². The van der Waals surface area contributed by atoms with E-state index in [4.69, 9.17) is 23.7 Å². The molecule has 0 fully saturated rings. The van der Waals surface area contributed by atoms with Crippen molar-refractivity contribution in [1.29, 1.82) is 0 Å². The topological polar surface area (TPSA) is 181 Å². The van der Waals surface area contributed by atoms with Crippen LogP contribution in [-0.4, -0.2) is 77.9 Å². The number of aliphatic carboxylic acids is 1. The molecule has 1 aliphatic rings. The van der Waals surface area contributed by atoms with Crippen LogP contribution in [0.4, 0.5) is 0 Å². The van der Waals surface area contributed by atoms with E-state index in [0.29, 0.717) is 0 Å². The highest BCUT2D eigenvalue weighted by Gasteiger charge is 2.48. The molecule has 0 aliphatic carbocycles. The third-order valence-corrected chi connectivity index (χ3v) is 3.93. The van der Waals surface area contributed by atoms with E-state index >= 15 is 0 Å². The fourth-order valence-electron chi connectivity index (χ4n) is 2.94. The zero-order valence-corrected chi connectivity index (χ0v) is 18.1. The zero-order valence-electron chi connectivity index (χ0n) is 18.1. The Labute approximate surface area is 182 Å². The molecule has 0 radical (unpaired) electrons. The van der Waals surface area contributed by atoms with Gasteiger partial charge in [-0.3, -0.25) is 24.0 Å². The maximum Gasteiger partial charge on any atom is 0.370 e. The van der Waals surface area contributed by atoms with E-state index in [2.05, 4.69) is 5.32 Å². The average molecular weight is 459 g/mol. The molecule has 1 aliphatic heterocycles. The molecule has 13 heteroatoms. The van der Waals surface area contributed by atoms with Gasteiger partial charge in [-0.05, 0) is 0 Å². The third-order valence-electron chi connectivity index (χ3n) is 3.93. The normalized spacial score (nSPS) is 21.5. The van der Waals surface area contributed by atoms with Crippen LogP contribution in [0.1, 0.15) is 34.6 Å². The number of hydrogen-bond acceptors (Lipinski definition) is 11. The van der Waals surface area contributed by atoms with Crippen molar-refractivity contribution < 1.29 is 57.6 Å². The number of amides is 1. The Hall–Kier alpha value is -3.64. The first-order chi connectivity index (χ1) is 14.8. The summed E-state index contributed by atoms with van der Waals surface area (Å²) in [5, 5.41) is 11.9. The van der Waals surface area contributed by atoms with Crippen LogP contribution in [-0.2, 0) is 52.5 Å². The van der Waals surface area contributed by atoms with Crippen molar-refractivity contribution in [3.63, 3.8) is 0 Å². The van der Waals surface area contributed by atoms with Crippen LogP contribution >= 0.6 is 0 Å². The van der Waals surface area contributed by atoms with Crippen molar-refractivity contribution >= 4 is 35.8 Å². The first kappa shape index (κ1) is 26.4. The fourth-order valence-corrected chi connectivity index (χ4v) is 2.94. The van der Waals surface area contributed by atoms with E-state index in [0.717, 1.165) is 40.7 Å². The van der Waals surface area contributed by atoms with Crippen LogP contribution in [0.15, 0.2) is 11.8 Å². The van der Waals surface area contributed by atoms with Gasteiger partial charge in [-0.15, -0.1) is 0 Å². The van der Waals surface area contributed by atoms with Gasteiger partial charge in [-0.25, -0.2) is 4.79 Å². The summed E-state index contributed by atoms with van der Waals surface area (Å²) in [5.74, 6) is -6.08. The number of carbonyl (C=O) groups excluding carboxylic acids is 5. The smallest absolute Gasteiger partial charge is 0.370 e. The van der Waals surface area contributed by atoms with Crippen molar-refractivity contribution in [3.05, 3.63) is 11.8 Å². The lowest BCUT2D eigenvalue weighted by molar-refractivity contribution is -0.191. The molecule has 0 aromatic rings. The first-order valence-electron chi connectivity index (χ1n) is 9.35. The predicted octanol–water partition coefficient (Wildman–Crippen LogP) is -0.783. The minimum absolute atomic E-state index is 0.580. The Morgan fingerprint density at radius 3 is 2.00 bits per heavy atom. The minimum atomic E-state index is -1.58. The van der Waals surface area contributed by atoms with Gasteiger partial charge in [0.1, 0.15) is 18.8 Å². The van der Waals surface area contributed by atoms with Crippen LogP contribution in [0.2, 0.25) is 0 Å². The summed E-state index contributed by atoms with van der Waals surface area (Å²) in [6.45, 7) is 4.78. The van der Waals surface area contributed by atoms with E-state index in [-0.39, 0.29) is 0 Å². The Morgan fingerprint density at radius 2 is 1.56 bits per heavy atom. The number of ether oxygens (including phenoxy) is 5. The van der Waals surface area contributed by atoms with Crippen molar-refractivity contribution in [2.75, 3.05) is 6.61 Å². The second-order valence-electron chi connectivity index (χ2n) is 6.74. The van der Waals surface area contributed by atoms with E-state index < -0.39 is 78.6 Å². The molecular formula is C19H25NO12. The lowest BCUT2D eigenvalue weighted by Crippen LogP contribution is -2.62. The quantitative estimate of drug-likeness (QED) is 0.325. The molecule has 0 saturated heterocycles. The molecule has 1 heterocycles. The third kappa shape index (κ3) is 8.24. The van der Waals surface area contributed by atoms with Gasteiger partial charge in [-0.1, -0.05) is 0 Å². The largest absolute Gasteiger partial charge is 0.477 e. The average Bonchev–Trinajstić information content (AvgIpc) is 2.63. The van der Waals surface area contributed by atoms with Gasteiger partial charge in [0.05, 0.1) is 0 Å². The molecule has 1 rings (SSSR count). The second kappa shape index (κ2) is 11.7. The maximum absolute atomic E-state index is 11.8. The van der Waals surface area contributed by atoms with Crippen molar-refractivity contribution in [1.82, 2.24) is 5.32 Å². The summed E-state index contributed by atoms with van der Waals surface area (Å²) in [6.07, 6.45) is -4.94. The second-order valence-corrected chi connectivity index (χ2v) is 6.74. The molecule has 0 bridgehead atoms. The molecule has 0 unspecified atom stereocenters. The Kier molecular flexibility index (Phi) is 9.63. The summed E-state index contributed by atoms with van der Waals surface area (Å²) in [6, 6.07) is -1.26.